The number of hydrogen-bond acceptors (Lipinski definition) is 6. The van der Waals surface area contributed by atoms with Crippen LogP contribution in [0.5, 0.6) is 11.5 Å². The van der Waals surface area contributed by atoms with Gasteiger partial charge in [-0.15, -0.1) is 0 Å². The largest absolute Gasteiger partial charge is 0.504 e. The van der Waals surface area contributed by atoms with Gasteiger partial charge in [0.2, 0.25) is 0 Å². The van der Waals surface area contributed by atoms with Crippen molar-refractivity contribution in [3.05, 3.63) is 47.3 Å². The first-order valence-corrected chi connectivity index (χ1v) is 8.73. The smallest absolute Gasteiger partial charge is 0.315 e. The molecule has 1 aliphatic carbocycles. The van der Waals surface area contributed by atoms with Crippen LogP contribution in [0.3, 0.4) is 0 Å². The van der Waals surface area contributed by atoms with Crippen LogP contribution in [-0.4, -0.2) is 30.6 Å². The zero-order chi connectivity index (χ0) is 18.8. The lowest BCUT2D eigenvalue weighted by Crippen LogP contribution is -2.41. The van der Waals surface area contributed by atoms with E-state index >= 15 is 0 Å². The first-order valence-electron chi connectivity index (χ1n) is 8.73. The lowest BCUT2D eigenvalue weighted by molar-refractivity contribution is -0.147. The third kappa shape index (κ3) is 3.07. The Morgan fingerprint density at radius 3 is 2.85 bits per heavy atom. The van der Waals surface area contributed by atoms with Crippen molar-refractivity contribution in [1.29, 1.82) is 0 Å². The van der Waals surface area contributed by atoms with E-state index in [0.29, 0.717) is 29.0 Å². The van der Waals surface area contributed by atoms with E-state index in [9.17, 15) is 14.7 Å². The fourth-order valence-corrected chi connectivity index (χ4v) is 3.75. The van der Waals surface area contributed by atoms with Gasteiger partial charge in [-0.1, -0.05) is 12.6 Å². The number of esters is 1. The number of ketones is 1. The number of aromatic hydroxyl groups is 1. The second-order valence-electron chi connectivity index (χ2n) is 6.46. The number of phenolic OH excluding ortho intramolecular Hbond substituents is 1. The van der Waals surface area contributed by atoms with Crippen LogP contribution in [0, 0.1) is 5.92 Å². The standard InChI is InChI=1S/C20H23NO5/c1-4-26-20(24)17-11(2)21-13-6-5-7-15(23)19(13)18(17)12-8-9-14(22)16(10-12)25-3/h8-10,17-18,21-22H,2,4-7H2,1,3H3. The molecule has 0 radical (unpaired) electrons. The van der Waals surface area contributed by atoms with Gasteiger partial charge in [0.05, 0.1) is 13.7 Å². The normalized spacial score (nSPS) is 22.5. The molecule has 2 atom stereocenters. The van der Waals surface area contributed by atoms with Crippen LogP contribution in [0.4, 0.5) is 0 Å². The van der Waals surface area contributed by atoms with Crippen molar-refractivity contribution in [3.63, 3.8) is 0 Å². The van der Waals surface area contributed by atoms with Gasteiger partial charge < -0.3 is 19.9 Å². The minimum atomic E-state index is -0.718. The second-order valence-corrected chi connectivity index (χ2v) is 6.46. The molecule has 0 saturated heterocycles. The molecule has 0 amide bonds. The fraction of sp³-hybridized carbons (Fsp3) is 0.400. The summed E-state index contributed by atoms with van der Waals surface area (Å²) in [5.41, 5.74) is 2.66. The Kier molecular flexibility index (Phi) is 5.02. The molecule has 2 aliphatic rings. The zero-order valence-corrected chi connectivity index (χ0v) is 15.0. The van der Waals surface area contributed by atoms with E-state index in [0.717, 1.165) is 18.5 Å². The monoisotopic (exact) mass is 357 g/mol. The van der Waals surface area contributed by atoms with E-state index in [4.69, 9.17) is 9.47 Å². The minimum absolute atomic E-state index is 0.000805. The number of carbonyl (C=O) groups excluding carboxylic acids is 2. The summed E-state index contributed by atoms with van der Waals surface area (Å²) in [5.74, 6) is -1.34. The Morgan fingerprint density at radius 1 is 1.38 bits per heavy atom. The zero-order valence-electron chi connectivity index (χ0n) is 15.0. The van der Waals surface area contributed by atoms with E-state index < -0.39 is 17.8 Å². The molecule has 26 heavy (non-hydrogen) atoms. The molecule has 1 aromatic rings. The molecule has 1 aromatic carbocycles. The molecule has 6 nitrogen and oxygen atoms in total. The number of allylic oxidation sites excluding steroid dienone is 2. The summed E-state index contributed by atoms with van der Waals surface area (Å²) in [6.07, 6.45) is 1.96. The molecule has 6 heteroatoms. The quantitative estimate of drug-likeness (QED) is 0.806. The summed E-state index contributed by atoms with van der Waals surface area (Å²) in [6, 6.07) is 4.88. The summed E-state index contributed by atoms with van der Waals surface area (Å²) in [5, 5.41) is 13.1. The number of methoxy groups -OCH3 is 1. The number of ether oxygens (including phenoxy) is 2. The van der Waals surface area contributed by atoms with Gasteiger partial charge in [0.25, 0.3) is 0 Å². The van der Waals surface area contributed by atoms with Gasteiger partial charge in [0, 0.05) is 29.3 Å². The Labute approximate surface area is 152 Å². The summed E-state index contributed by atoms with van der Waals surface area (Å²) < 4.78 is 10.4. The van der Waals surface area contributed by atoms with Gasteiger partial charge in [0.1, 0.15) is 5.92 Å². The van der Waals surface area contributed by atoms with Crippen LogP contribution in [0.15, 0.2) is 41.7 Å². The van der Waals surface area contributed by atoms with Crippen LogP contribution in [0.25, 0.3) is 0 Å². The number of carbonyl (C=O) groups is 2. The molecule has 3 rings (SSSR count). The molecule has 1 heterocycles. The SMILES string of the molecule is C=C1NC2=C(C(=O)CCC2)C(c2ccc(O)c(OC)c2)C1C(=O)OCC. The maximum Gasteiger partial charge on any atom is 0.315 e. The molecule has 0 bridgehead atoms. The van der Waals surface area contributed by atoms with Crippen molar-refractivity contribution >= 4 is 11.8 Å². The molecule has 0 fully saturated rings. The minimum Gasteiger partial charge on any atom is -0.504 e. The van der Waals surface area contributed by atoms with Gasteiger partial charge in [0.15, 0.2) is 17.3 Å². The van der Waals surface area contributed by atoms with Crippen LogP contribution in [-0.2, 0) is 14.3 Å². The number of phenols is 1. The Morgan fingerprint density at radius 2 is 2.15 bits per heavy atom. The van der Waals surface area contributed by atoms with E-state index in [1.54, 1.807) is 19.1 Å². The predicted octanol–water partition coefficient (Wildman–Crippen LogP) is 2.79. The van der Waals surface area contributed by atoms with Crippen LogP contribution < -0.4 is 10.1 Å². The van der Waals surface area contributed by atoms with Crippen LogP contribution >= 0.6 is 0 Å². The summed E-state index contributed by atoms with van der Waals surface area (Å²) in [4.78, 5) is 25.4. The first-order chi connectivity index (χ1) is 12.5. The molecule has 0 aromatic heterocycles. The Balaban J connectivity index is 2.17. The number of nitrogens with one attached hydrogen (secondary N) is 1. The Bertz CT molecular complexity index is 795. The highest BCUT2D eigenvalue weighted by Gasteiger charge is 2.43. The van der Waals surface area contributed by atoms with Crippen molar-refractivity contribution in [2.24, 2.45) is 5.92 Å². The van der Waals surface area contributed by atoms with E-state index in [-0.39, 0.29) is 18.1 Å². The summed E-state index contributed by atoms with van der Waals surface area (Å²) in [6.45, 7) is 6.00. The number of rotatable bonds is 4. The lowest BCUT2D eigenvalue weighted by Gasteiger charge is -2.38. The average Bonchev–Trinajstić information content (AvgIpc) is 2.61. The number of Topliss-reactive ketones (excluding diaryl/α,β-unsaturated/α-hetero) is 1. The highest BCUT2D eigenvalue weighted by molar-refractivity contribution is 6.00. The molecular formula is C20H23NO5. The van der Waals surface area contributed by atoms with Crippen molar-refractivity contribution in [3.8, 4) is 11.5 Å². The molecule has 2 N–H and O–H groups in total. The van der Waals surface area contributed by atoms with Crippen LogP contribution in [0.2, 0.25) is 0 Å². The summed E-state index contributed by atoms with van der Waals surface area (Å²) >= 11 is 0. The van der Waals surface area contributed by atoms with E-state index in [1.807, 2.05) is 0 Å². The molecule has 2 unspecified atom stereocenters. The first kappa shape index (κ1) is 18.0. The van der Waals surface area contributed by atoms with Gasteiger partial charge in [-0.25, -0.2) is 0 Å². The highest BCUT2D eigenvalue weighted by atomic mass is 16.5. The lowest BCUT2D eigenvalue weighted by atomic mass is 9.71. The molecule has 1 aliphatic heterocycles. The number of benzene rings is 1. The predicted molar refractivity (Wildman–Crippen MR) is 95.7 cm³/mol. The molecule has 0 saturated carbocycles. The summed E-state index contributed by atoms with van der Waals surface area (Å²) in [7, 11) is 1.46. The third-order valence-electron chi connectivity index (χ3n) is 4.89. The Hall–Kier alpha value is -2.76. The van der Waals surface area contributed by atoms with Crippen molar-refractivity contribution < 1.29 is 24.2 Å². The second kappa shape index (κ2) is 7.23. The highest BCUT2D eigenvalue weighted by Crippen LogP contribution is 2.45. The van der Waals surface area contributed by atoms with Gasteiger partial charge >= 0.3 is 5.97 Å². The van der Waals surface area contributed by atoms with E-state index in [1.165, 1.54) is 13.2 Å². The van der Waals surface area contributed by atoms with Crippen molar-refractivity contribution in [1.82, 2.24) is 5.32 Å². The van der Waals surface area contributed by atoms with Gasteiger partial charge in [-0.05, 0) is 37.5 Å². The van der Waals surface area contributed by atoms with Crippen LogP contribution in [0.1, 0.15) is 37.7 Å². The third-order valence-corrected chi connectivity index (χ3v) is 4.89. The average molecular weight is 357 g/mol. The van der Waals surface area contributed by atoms with Crippen molar-refractivity contribution in [2.75, 3.05) is 13.7 Å². The fourth-order valence-electron chi connectivity index (χ4n) is 3.75. The van der Waals surface area contributed by atoms with E-state index in [2.05, 4.69) is 11.9 Å². The molecule has 0 spiro atoms. The van der Waals surface area contributed by atoms with Gasteiger partial charge in [-0.3, -0.25) is 9.59 Å². The topological polar surface area (TPSA) is 84.9 Å². The number of hydrogen-bond donors (Lipinski definition) is 2. The van der Waals surface area contributed by atoms with Gasteiger partial charge in [-0.2, -0.15) is 0 Å². The van der Waals surface area contributed by atoms with Crippen molar-refractivity contribution in [2.45, 2.75) is 32.1 Å². The maximum absolute atomic E-state index is 12.7. The molecular weight excluding hydrogens is 334 g/mol. The molecule has 138 valence electrons. The maximum atomic E-state index is 12.7.